The summed E-state index contributed by atoms with van der Waals surface area (Å²) >= 11 is 0. The standard InChI is InChI=1S/C9H20N2O4S2/c1-2-3-7-16(12,13)11-6-4-5-9(8-11)17(10,14)15/h9H,2-8H2,1H3,(H2,10,14,15). The van der Waals surface area contributed by atoms with Gasteiger partial charge in [-0.2, -0.15) is 0 Å². The zero-order valence-electron chi connectivity index (χ0n) is 10.0. The molecule has 1 rings (SSSR count). The number of nitrogens with zero attached hydrogens (tertiary/aromatic N) is 1. The van der Waals surface area contributed by atoms with Crippen LogP contribution >= 0.6 is 0 Å². The van der Waals surface area contributed by atoms with E-state index in [0.29, 0.717) is 25.8 Å². The number of sulfonamides is 2. The number of nitrogens with two attached hydrogens (primary N) is 1. The highest BCUT2D eigenvalue weighted by Crippen LogP contribution is 2.18. The van der Waals surface area contributed by atoms with Crippen molar-refractivity contribution in [2.24, 2.45) is 5.14 Å². The molecule has 0 radical (unpaired) electrons. The fraction of sp³-hybridized carbons (Fsp3) is 1.00. The van der Waals surface area contributed by atoms with E-state index in [1.54, 1.807) is 0 Å². The first-order valence-corrected chi connectivity index (χ1v) is 8.98. The molecular weight excluding hydrogens is 264 g/mol. The van der Waals surface area contributed by atoms with Crippen molar-refractivity contribution in [1.82, 2.24) is 4.31 Å². The minimum Gasteiger partial charge on any atom is -0.228 e. The van der Waals surface area contributed by atoms with Crippen LogP contribution in [0.4, 0.5) is 0 Å². The van der Waals surface area contributed by atoms with Gasteiger partial charge in [0.05, 0.1) is 11.0 Å². The van der Waals surface area contributed by atoms with E-state index in [1.807, 2.05) is 6.92 Å². The van der Waals surface area contributed by atoms with Crippen molar-refractivity contribution in [3.8, 4) is 0 Å². The molecule has 0 aromatic carbocycles. The largest absolute Gasteiger partial charge is 0.228 e. The lowest BCUT2D eigenvalue weighted by Gasteiger charge is -2.30. The second-order valence-electron chi connectivity index (χ2n) is 4.38. The van der Waals surface area contributed by atoms with E-state index >= 15 is 0 Å². The number of primary sulfonamides is 1. The van der Waals surface area contributed by atoms with Gasteiger partial charge in [0.15, 0.2) is 0 Å². The molecule has 0 bridgehead atoms. The van der Waals surface area contributed by atoms with Crippen LogP contribution in [0.3, 0.4) is 0 Å². The molecule has 1 saturated heterocycles. The third kappa shape index (κ3) is 4.20. The number of piperidine rings is 1. The smallest absolute Gasteiger partial charge is 0.214 e. The maximum atomic E-state index is 11.9. The summed E-state index contributed by atoms with van der Waals surface area (Å²) in [5, 5.41) is 4.31. The fourth-order valence-corrected chi connectivity index (χ4v) is 4.58. The maximum absolute atomic E-state index is 11.9. The molecular formula is C9H20N2O4S2. The molecule has 2 N–H and O–H groups in total. The van der Waals surface area contributed by atoms with Crippen LogP contribution in [0.5, 0.6) is 0 Å². The summed E-state index contributed by atoms with van der Waals surface area (Å²) in [4.78, 5) is 0. The Bertz CT molecular complexity index is 444. The summed E-state index contributed by atoms with van der Waals surface area (Å²) in [6.07, 6.45) is 2.38. The quantitative estimate of drug-likeness (QED) is 0.760. The molecule has 0 aromatic heterocycles. The molecule has 17 heavy (non-hydrogen) atoms. The van der Waals surface area contributed by atoms with Gasteiger partial charge in [-0.15, -0.1) is 0 Å². The van der Waals surface area contributed by atoms with Crippen molar-refractivity contribution >= 4 is 20.0 Å². The predicted molar refractivity (Wildman–Crippen MR) is 66.4 cm³/mol. The summed E-state index contributed by atoms with van der Waals surface area (Å²) in [5.41, 5.74) is 0. The molecule has 8 heteroatoms. The minimum absolute atomic E-state index is 0.00484. The van der Waals surface area contributed by atoms with Gasteiger partial charge in [0, 0.05) is 13.1 Å². The van der Waals surface area contributed by atoms with E-state index in [2.05, 4.69) is 0 Å². The van der Waals surface area contributed by atoms with Crippen LogP contribution in [0.1, 0.15) is 32.6 Å². The van der Waals surface area contributed by atoms with Crippen molar-refractivity contribution in [2.45, 2.75) is 37.9 Å². The van der Waals surface area contributed by atoms with Gasteiger partial charge < -0.3 is 0 Å². The average molecular weight is 284 g/mol. The molecule has 1 atom stereocenters. The molecule has 1 unspecified atom stereocenters. The van der Waals surface area contributed by atoms with E-state index in [9.17, 15) is 16.8 Å². The highest BCUT2D eigenvalue weighted by atomic mass is 32.2. The molecule has 6 nitrogen and oxygen atoms in total. The van der Waals surface area contributed by atoms with Gasteiger partial charge >= 0.3 is 0 Å². The molecule has 1 aliphatic heterocycles. The minimum atomic E-state index is -3.65. The second-order valence-corrected chi connectivity index (χ2v) is 8.31. The Morgan fingerprint density at radius 2 is 1.94 bits per heavy atom. The lowest BCUT2D eigenvalue weighted by atomic mass is 10.2. The lowest BCUT2D eigenvalue weighted by Crippen LogP contribution is -2.47. The highest BCUT2D eigenvalue weighted by Gasteiger charge is 2.33. The number of unbranched alkanes of at least 4 members (excludes halogenated alkanes) is 1. The summed E-state index contributed by atoms with van der Waals surface area (Å²) in [7, 11) is -6.97. The van der Waals surface area contributed by atoms with Gasteiger partial charge in [-0.05, 0) is 19.3 Å². The number of hydrogen-bond acceptors (Lipinski definition) is 4. The Labute approximate surface area is 103 Å². The first-order valence-electron chi connectivity index (χ1n) is 5.77. The van der Waals surface area contributed by atoms with Gasteiger partial charge in [-0.1, -0.05) is 13.3 Å². The van der Waals surface area contributed by atoms with E-state index < -0.39 is 25.3 Å². The van der Waals surface area contributed by atoms with Crippen molar-refractivity contribution in [1.29, 1.82) is 0 Å². The van der Waals surface area contributed by atoms with Crippen molar-refractivity contribution in [3.63, 3.8) is 0 Å². The molecule has 102 valence electrons. The van der Waals surface area contributed by atoms with Gasteiger partial charge in [0.1, 0.15) is 0 Å². The molecule has 0 spiro atoms. The summed E-state index contributed by atoms with van der Waals surface area (Å²) in [6.45, 7) is 2.32. The van der Waals surface area contributed by atoms with E-state index in [0.717, 1.165) is 6.42 Å². The van der Waals surface area contributed by atoms with Crippen molar-refractivity contribution in [2.75, 3.05) is 18.8 Å². The number of rotatable bonds is 5. The molecule has 1 aliphatic rings. The third-order valence-corrected chi connectivity index (χ3v) is 6.19. The molecule has 0 amide bonds. The van der Waals surface area contributed by atoms with Gasteiger partial charge in [-0.3, -0.25) is 0 Å². The molecule has 1 fully saturated rings. The Morgan fingerprint density at radius 1 is 1.29 bits per heavy atom. The molecule has 0 aromatic rings. The predicted octanol–water partition coefficient (Wildman–Crippen LogP) is -0.131. The normalized spacial score (nSPS) is 23.8. The van der Waals surface area contributed by atoms with Gasteiger partial charge in [-0.25, -0.2) is 26.3 Å². The van der Waals surface area contributed by atoms with Gasteiger partial charge in [0.2, 0.25) is 20.0 Å². The van der Waals surface area contributed by atoms with Gasteiger partial charge in [0.25, 0.3) is 0 Å². The van der Waals surface area contributed by atoms with E-state index in [1.165, 1.54) is 4.31 Å². The zero-order chi connectivity index (χ0) is 13.1. The van der Waals surface area contributed by atoms with Crippen LogP contribution in [0.25, 0.3) is 0 Å². The average Bonchev–Trinajstić information content (AvgIpc) is 2.25. The Balaban J connectivity index is 2.73. The van der Waals surface area contributed by atoms with Crippen LogP contribution in [-0.2, 0) is 20.0 Å². The van der Waals surface area contributed by atoms with E-state index in [4.69, 9.17) is 5.14 Å². The van der Waals surface area contributed by atoms with Crippen LogP contribution in [0, 0.1) is 0 Å². The SMILES string of the molecule is CCCCS(=O)(=O)N1CCCC(S(N)(=O)=O)C1. The third-order valence-electron chi connectivity index (χ3n) is 2.95. The first kappa shape index (κ1) is 14.9. The summed E-state index contributed by atoms with van der Waals surface area (Å²) in [5.74, 6) is 0.0842. The van der Waals surface area contributed by atoms with Crippen molar-refractivity contribution in [3.05, 3.63) is 0 Å². The molecule has 0 saturated carbocycles. The second kappa shape index (κ2) is 5.64. The number of hydrogen-bond donors (Lipinski definition) is 1. The van der Waals surface area contributed by atoms with Crippen LogP contribution in [-0.4, -0.2) is 45.2 Å². The van der Waals surface area contributed by atoms with Crippen LogP contribution in [0.15, 0.2) is 0 Å². The fourth-order valence-electron chi connectivity index (χ4n) is 1.88. The van der Waals surface area contributed by atoms with Crippen LogP contribution < -0.4 is 5.14 Å². The lowest BCUT2D eigenvalue weighted by molar-refractivity contribution is 0.345. The highest BCUT2D eigenvalue weighted by molar-refractivity contribution is 7.90. The Hall–Kier alpha value is -0.180. The monoisotopic (exact) mass is 284 g/mol. The maximum Gasteiger partial charge on any atom is 0.214 e. The van der Waals surface area contributed by atoms with Crippen LogP contribution in [0.2, 0.25) is 0 Å². The topological polar surface area (TPSA) is 97.5 Å². The molecule has 1 heterocycles. The Kier molecular flexibility index (Phi) is 4.94. The Morgan fingerprint density at radius 3 is 2.47 bits per heavy atom. The zero-order valence-corrected chi connectivity index (χ0v) is 11.6. The first-order chi connectivity index (χ1) is 7.77. The summed E-state index contributed by atoms with van der Waals surface area (Å²) in [6, 6.07) is 0. The molecule has 0 aliphatic carbocycles. The van der Waals surface area contributed by atoms with Crippen molar-refractivity contribution < 1.29 is 16.8 Å². The summed E-state index contributed by atoms with van der Waals surface area (Å²) < 4.78 is 47.5. The van der Waals surface area contributed by atoms with E-state index in [-0.39, 0.29) is 12.3 Å².